The smallest absolute Gasteiger partial charge is 0.142 e. The highest BCUT2D eigenvalue weighted by Crippen LogP contribution is 2.33. The van der Waals surface area contributed by atoms with E-state index >= 15 is 0 Å². The maximum Gasteiger partial charge on any atom is 0.142 e. The maximum atomic E-state index is 5.62. The molecule has 0 saturated carbocycles. The Hall–Kier alpha value is -0.650. The van der Waals surface area contributed by atoms with Gasteiger partial charge in [0, 0.05) is 32.4 Å². The highest BCUT2D eigenvalue weighted by Gasteiger charge is 2.43. The summed E-state index contributed by atoms with van der Waals surface area (Å²) in [7, 11) is 2.21. The molecule has 2 saturated heterocycles. The molecule has 5 heteroatoms. The lowest BCUT2D eigenvalue weighted by molar-refractivity contribution is 0.0775. The van der Waals surface area contributed by atoms with Crippen molar-refractivity contribution in [1.82, 2.24) is 9.88 Å². The second-order valence-electron chi connectivity index (χ2n) is 5.18. The second-order valence-corrected chi connectivity index (χ2v) is 6.03. The Morgan fingerprint density at radius 2 is 2.33 bits per heavy atom. The summed E-state index contributed by atoms with van der Waals surface area (Å²) in [4.78, 5) is 9.33. The summed E-state index contributed by atoms with van der Waals surface area (Å²) < 4.78 is 6.69. The van der Waals surface area contributed by atoms with Crippen LogP contribution in [-0.2, 0) is 4.74 Å². The van der Waals surface area contributed by atoms with Gasteiger partial charge in [0.25, 0.3) is 0 Å². The summed E-state index contributed by atoms with van der Waals surface area (Å²) in [5.74, 6) is 1.05. The first kappa shape index (κ1) is 12.4. The zero-order valence-corrected chi connectivity index (χ0v) is 12.2. The van der Waals surface area contributed by atoms with Crippen molar-refractivity contribution in [2.75, 3.05) is 44.8 Å². The molecule has 1 spiro atoms. The fraction of sp³-hybridized carbons (Fsp3) is 0.615. The van der Waals surface area contributed by atoms with Crippen LogP contribution in [0.2, 0.25) is 0 Å². The molecule has 0 aromatic carbocycles. The van der Waals surface area contributed by atoms with Crippen LogP contribution in [0.1, 0.15) is 6.42 Å². The van der Waals surface area contributed by atoms with Gasteiger partial charge in [0.05, 0.1) is 16.6 Å². The lowest BCUT2D eigenvalue weighted by Crippen LogP contribution is -2.61. The molecule has 1 atom stereocenters. The van der Waals surface area contributed by atoms with Crippen molar-refractivity contribution in [1.29, 1.82) is 0 Å². The predicted molar refractivity (Wildman–Crippen MR) is 74.9 cm³/mol. The number of aromatic nitrogens is 1. The molecule has 1 unspecified atom stereocenters. The summed E-state index contributed by atoms with van der Waals surface area (Å²) in [6.45, 7) is 4.80. The number of halogens is 1. The van der Waals surface area contributed by atoms with E-state index in [2.05, 4.69) is 43.8 Å². The summed E-state index contributed by atoms with van der Waals surface area (Å²) >= 11 is 3.59. The zero-order chi connectivity index (χ0) is 12.6. The Balaban J connectivity index is 1.85. The van der Waals surface area contributed by atoms with Gasteiger partial charge < -0.3 is 9.64 Å². The normalized spacial score (nSPS) is 29.1. The first-order valence-electron chi connectivity index (χ1n) is 6.36. The summed E-state index contributed by atoms with van der Waals surface area (Å²) in [6.07, 6.45) is 2.97. The maximum absolute atomic E-state index is 5.62. The molecular weight excluding hydrogens is 294 g/mol. The monoisotopic (exact) mass is 311 g/mol. The molecule has 3 rings (SSSR count). The summed E-state index contributed by atoms with van der Waals surface area (Å²) in [6, 6.07) is 4.01. The Morgan fingerprint density at radius 3 is 3.06 bits per heavy atom. The number of ether oxygens (including phenoxy) is 1. The fourth-order valence-electron chi connectivity index (χ4n) is 2.88. The lowest BCUT2D eigenvalue weighted by atomic mass is 9.93. The first-order chi connectivity index (χ1) is 8.71. The van der Waals surface area contributed by atoms with E-state index in [0.29, 0.717) is 0 Å². The molecule has 0 aliphatic carbocycles. The van der Waals surface area contributed by atoms with Crippen LogP contribution in [0.5, 0.6) is 0 Å². The zero-order valence-electron chi connectivity index (χ0n) is 10.6. The molecule has 0 amide bonds. The van der Waals surface area contributed by atoms with Crippen LogP contribution in [0.25, 0.3) is 0 Å². The van der Waals surface area contributed by atoms with Gasteiger partial charge in [-0.1, -0.05) is 0 Å². The van der Waals surface area contributed by atoms with E-state index in [1.165, 1.54) is 0 Å². The number of pyridine rings is 1. The fourth-order valence-corrected chi connectivity index (χ4v) is 3.38. The molecule has 2 aliphatic heterocycles. The van der Waals surface area contributed by atoms with Crippen molar-refractivity contribution in [2.24, 2.45) is 0 Å². The minimum atomic E-state index is 0.176. The minimum absolute atomic E-state index is 0.176. The topological polar surface area (TPSA) is 28.6 Å². The Kier molecular flexibility index (Phi) is 3.30. The number of anilines is 1. The average molecular weight is 312 g/mol. The van der Waals surface area contributed by atoms with Crippen molar-refractivity contribution in [2.45, 2.75) is 12.0 Å². The lowest BCUT2D eigenvalue weighted by Gasteiger charge is -2.47. The number of nitrogens with zero attached hydrogens (tertiary/aromatic N) is 3. The molecule has 0 bridgehead atoms. The molecular formula is C13H18BrN3O. The van der Waals surface area contributed by atoms with Crippen LogP contribution < -0.4 is 4.90 Å². The number of likely N-dealkylation sites (N-methyl/N-ethyl adjacent to an activating group) is 1. The van der Waals surface area contributed by atoms with Crippen molar-refractivity contribution in [3.63, 3.8) is 0 Å². The second kappa shape index (κ2) is 4.79. The Labute approximate surface area is 116 Å². The first-order valence-corrected chi connectivity index (χ1v) is 7.15. The van der Waals surface area contributed by atoms with E-state index < -0.39 is 0 Å². The van der Waals surface area contributed by atoms with Gasteiger partial charge >= 0.3 is 0 Å². The van der Waals surface area contributed by atoms with Crippen LogP contribution in [0.3, 0.4) is 0 Å². The molecule has 18 heavy (non-hydrogen) atoms. The predicted octanol–water partition coefficient (Wildman–Crippen LogP) is 1.75. The highest BCUT2D eigenvalue weighted by atomic mass is 79.9. The van der Waals surface area contributed by atoms with Gasteiger partial charge in [0.2, 0.25) is 0 Å². The molecule has 3 heterocycles. The third-order valence-corrected chi connectivity index (χ3v) is 4.74. The van der Waals surface area contributed by atoms with E-state index in [0.717, 1.165) is 49.6 Å². The number of hydrogen-bond donors (Lipinski definition) is 0. The van der Waals surface area contributed by atoms with Gasteiger partial charge in [0.15, 0.2) is 0 Å². The average Bonchev–Trinajstić information content (AvgIpc) is 2.83. The molecule has 0 radical (unpaired) electrons. The van der Waals surface area contributed by atoms with Crippen molar-refractivity contribution in [3.8, 4) is 0 Å². The SMILES string of the molecule is CN1CCN(c2ncccc2Br)CC12CCOC2. The van der Waals surface area contributed by atoms with Gasteiger partial charge in [-0.25, -0.2) is 4.98 Å². The number of rotatable bonds is 1. The largest absolute Gasteiger partial charge is 0.379 e. The van der Waals surface area contributed by atoms with Gasteiger partial charge in [0.1, 0.15) is 5.82 Å². The van der Waals surface area contributed by atoms with Crippen LogP contribution in [0.4, 0.5) is 5.82 Å². The standard InChI is InChI=1S/C13H18BrN3O/c1-16-6-7-17(9-13(16)4-8-18-10-13)12-11(14)3-2-5-15-12/h2-3,5H,4,6-10H2,1H3. The molecule has 4 nitrogen and oxygen atoms in total. The van der Waals surface area contributed by atoms with E-state index in [1.807, 2.05) is 12.3 Å². The summed E-state index contributed by atoms with van der Waals surface area (Å²) in [5.41, 5.74) is 0.176. The number of piperazine rings is 1. The minimum Gasteiger partial charge on any atom is -0.379 e. The third kappa shape index (κ3) is 2.04. The van der Waals surface area contributed by atoms with Crippen LogP contribution >= 0.6 is 15.9 Å². The molecule has 1 aromatic heterocycles. The molecule has 0 N–H and O–H groups in total. The van der Waals surface area contributed by atoms with Crippen molar-refractivity contribution < 1.29 is 4.74 Å². The quantitative estimate of drug-likeness (QED) is 0.790. The molecule has 1 aromatic rings. The van der Waals surface area contributed by atoms with Gasteiger partial charge in [-0.3, -0.25) is 4.90 Å². The Bertz CT molecular complexity index is 434. The van der Waals surface area contributed by atoms with E-state index in [9.17, 15) is 0 Å². The molecule has 2 fully saturated rings. The van der Waals surface area contributed by atoms with Crippen molar-refractivity contribution in [3.05, 3.63) is 22.8 Å². The Morgan fingerprint density at radius 1 is 1.44 bits per heavy atom. The van der Waals surface area contributed by atoms with E-state index in [1.54, 1.807) is 0 Å². The molecule has 2 aliphatic rings. The number of hydrogen-bond acceptors (Lipinski definition) is 4. The van der Waals surface area contributed by atoms with Gasteiger partial charge in [-0.15, -0.1) is 0 Å². The molecule has 98 valence electrons. The van der Waals surface area contributed by atoms with Crippen LogP contribution in [0.15, 0.2) is 22.8 Å². The van der Waals surface area contributed by atoms with E-state index in [-0.39, 0.29) is 5.54 Å². The summed E-state index contributed by atoms with van der Waals surface area (Å²) in [5, 5.41) is 0. The van der Waals surface area contributed by atoms with Crippen LogP contribution in [0, 0.1) is 0 Å². The van der Waals surface area contributed by atoms with Crippen molar-refractivity contribution >= 4 is 21.7 Å². The van der Waals surface area contributed by atoms with E-state index in [4.69, 9.17) is 4.74 Å². The van der Waals surface area contributed by atoms with Crippen LogP contribution in [-0.4, -0.2) is 55.3 Å². The van der Waals surface area contributed by atoms with Gasteiger partial charge in [-0.2, -0.15) is 0 Å². The van der Waals surface area contributed by atoms with Gasteiger partial charge in [-0.05, 0) is 41.5 Å². The highest BCUT2D eigenvalue weighted by molar-refractivity contribution is 9.10. The third-order valence-electron chi connectivity index (χ3n) is 4.12.